The summed E-state index contributed by atoms with van der Waals surface area (Å²) in [6.45, 7) is 6.69. The Bertz CT molecular complexity index is 1060. The van der Waals surface area contributed by atoms with Crippen molar-refractivity contribution >= 4 is 23.2 Å². The number of nitrogens with zero attached hydrogens (tertiary/aromatic N) is 3. The maximum absolute atomic E-state index is 13.0. The van der Waals surface area contributed by atoms with Crippen molar-refractivity contribution in [2.75, 3.05) is 19.6 Å². The van der Waals surface area contributed by atoms with E-state index < -0.39 is 23.8 Å². The third kappa shape index (κ3) is 5.01. The van der Waals surface area contributed by atoms with Crippen LogP contribution in [0.4, 0.5) is 9.59 Å². The van der Waals surface area contributed by atoms with Gasteiger partial charge in [0.25, 0.3) is 0 Å². The number of hydrogen-bond acceptors (Lipinski definition) is 5. The quantitative estimate of drug-likeness (QED) is 0.653. The molecule has 1 fully saturated rings. The predicted molar refractivity (Wildman–Crippen MR) is 120 cm³/mol. The molecule has 1 aliphatic rings. The highest BCUT2D eigenvalue weighted by atomic mass is 16.6. The summed E-state index contributed by atoms with van der Waals surface area (Å²) in [4.78, 5) is 36.7. The minimum Gasteiger partial charge on any atom is -0.445 e. The summed E-state index contributed by atoms with van der Waals surface area (Å²) in [6.07, 6.45) is 0.906. The molecule has 32 heavy (non-hydrogen) atoms. The van der Waals surface area contributed by atoms with Crippen LogP contribution < -0.4 is 0 Å². The Morgan fingerprint density at radius 1 is 1.09 bits per heavy atom. The van der Waals surface area contributed by atoms with E-state index in [1.807, 2.05) is 69.3 Å². The summed E-state index contributed by atoms with van der Waals surface area (Å²) < 4.78 is 11.1. The molecule has 1 aromatic carbocycles. The molecule has 0 spiro atoms. The first-order valence-corrected chi connectivity index (χ1v) is 10.7. The molecule has 1 N–H and O–H groups in total. The monoisotopic (exact) mass is 436 g/mol. The summed E-state index contributed by atoms with van der Waals surface area (Å²) in [6, 6.07) is 14.8. The molecule has 3 heterocycles. The molecular formula is C24H28N4O4. The van der Waals surface area contributed by atoms with E-state index in [0.29, 0.717) is 19.6 Å². The van der Waals surface area contributed by atoms with Gasteiger partial charge in [-0.3, -0.25) is 9.88 Å². The first-order valence-electron chi connectivity index (χ1n) is 10.7. The van der Waals surface area contributed by atoms with Crippen LogP contribution in [0.3, 0.4) is 0 Å². The second-order valence-electron chi connectivity index (χ2n) is 8.84. The Morgan fingerprint density at radius 2 is 1.88 bits per heavy atom. The van der Waals surface area contributed by atoms with Crippen LogP contribution >= 0.6 is 0 Å². The second-order valence-corrected chi connectivity index (χ2v) is 8.84. The Kier molecular flexibility index (Phi) is 6.03. The molecule has 1 aliphatic heterocycles. The van der Waals surface area contributed by atoms with Gasteiger partial charge in [-0.15, -0.1) is 0 Å². The van der Waals surface area contributed by atoms with Gasteiger partial charge in [-0.2, -0.15) is 0 Å². The van der Waals surface area contributed by atoms with E-state index in [4.69, 9.17) is 9.47 Å². The standard InChI is InChI=1S/C24H28N4O4/c1-24(2,3)32-22(29)27-12-13-28(23(30)31-16-17-8-5-4-6-9-17)21(15-27)20-14-19-18(26-20)10-7-11-25-19/h4-11,14,21,26H,12-13,15-16H2,1-3H3. The minimum atomic E-state index is -0.594. The zero-order valence-electron chi connectivity index (χ0n) is 18.6. The van der Waals surface area contributed by atoms with Crippen molar-refractivity contribution in [2.24, 2.45) is 0 Å². The van der Waals surface area contributed by atoms with Gasteiger partial charge in [0.05, 0.1) is 23.6 Å². The average Bonchev–Trinajstić information content (AvgIpc) is 3.21. The van der Waals surface area contributed by atoms with Crippen LogP contribution in [-0.2, 0) is 16.1 Å². The first kappa shape index (κ1) is 21.7. The van der Waals surface area contributed by atoms with E-state index in [9.17, 15) is 9.59 Å². The normalized spacial score (nSPS) is 16.8. The molecule has 3 aromatic rings. The fourth-order valence-electron chi connectivity index (χ4n) is 3.72. The number of hydrogen-bond donors (Lipinski definition) is 1. The minimum absolute atomic E-state index is 0.187. The van der Waals surface area contributed by atoms with E-state index in [1.54, 1.807) is 16.0 Å². The Balaban J connectivity index is 1.55. The maximum Gasteiger partial charge on any atom is 0.410 e. The van der Waals surface area contributed by atoms with Gasteiger partial charge in [0.1, 0.15) is 12.2 Å². The van der Waals surface area contributed by atoms with E-state index >= 15 is 0 Å². The van der Waals surface area contributed by atoms with Crippen LogP contribution in [0.5, 0.6) is 0 Å². The predicted octanol–water partition coefficient (Wildman–Crippen LogP) is 4.49. The number of pyridine rings is 1. The van der Waals surface area contributed by atoms with Gasteiger partial charge >= 0.3 is 12.2 Å². The molecule has 0 radical (unpaired) electrons. The summed E-state index contributed by atoms with van der Waals surface area (Å²) in [5.74, 6) is 0. The number of carbonyl (C=O) groups is 2. The van der Waals surface area contributed by atoms with Crippen molar-refractivity contribution in [3.05, 3.63) is 66.0 Å². The van der Waals surface area contributed by atoms with Crippen molar-refractivity contribution in [3.8, 4) is 0 Å². The molecule has 1 atom stereocenters. The number of benzene rings is 1. The molecule has 168 valence electrons. The molecular weight excluding hydrogens is 408 g/mol. The largest absolute Gasteiger partial charge is 0.445 e. The average molecular weight is 437 g/mol. The highest BCUT2D eigenvalue weighted by Gasteiger charge is 2.37. The zero-order chi connectivity index (χ0) is 22.7. The van der Waals surface area contributed by atoms with Crippen LogP contribution in [0.25, 0.3) is 11.0 Å². The molecule has 4 rings (SSSR count). The number of H-pyrrole nitrogens is 1. The van der Waals surface area contributed by atoms with Gasteiger partial charge in [0.15, 0.2) is 0 Å². The van der Waals surface area contributed by atoms with Crippen molar-refractivity contribution in [3.63, 3.8) is 0 Å². The highest BCUT2D eigenvalue weighted by Crippen LogP contribution is 2.29. The van der Waals surface area contributed by atoms with Crippen molar-refractivity contribution < 1.29 is 19.1 Å². The maximum atomic E-state index is 13.0. The van der Waals surface area contributed by atoms with Crippen LogP contribution in [0.15, 0.2) is 54.7 Å². The van der Waals surface area contributed by atoms with E-state index in [2.05, 4.69) is 9.97 Å². The van der Waals surface area contributed by atoms with Crippen LogP contribution in [0.1, 0.15) is 38.1 Å². The number of carbonyl (C=O) groups excluding carboxylic acids is 2. The van der Waals surface area contributed by atoms with Crippen LogP contribution in [0.2, 0.25) is 0 Å². The third-order valence-corrected chi connectivity index (χ3v) is 5.24. The fourth-order valence-corrected chi connectivity index (χ4v) is 3.72. The molecule has 8 heteroatoms. The molecule has 1 unspecified atom stereocenters. The van der Waals surface area contributed by atoms with E-state index in [-0.39, 0.29) is 6.61 Å². The lowest BCUT2D eigenvalue weighted by Crippen LogP contribution is -2.53. The topological polar surface area (TPSA) is 87.8 Å². The van der Waals surface area contributed by atoms with Crippen molar-refractivity contribution in [1.29, 1.82) is 0 Å². The lowest BCUT2D eigenvalue weighted by molar-refractivity contribution is 0.000408. The molecule has 2 aromatic heterocycles. The number of amides is 2. The van der Waals surface area contributed by atoms with Crippen molar-refractivity contribution in [1.82, 2.24) is 19.8 Å². The number of aromatic nitrogens is 2. The molecule has 2 amide bonds. The molecule has 0 saturated carbocycles. The SMILES string of the molecule is CC(C)(C)OC(=O)N1CCN(C(=O)OCc2ccccc2)C(c2cc3ncccc3[nH]2)C1. The summed E-state index contributed by atoms with van der Waals surface area (Å²) in [7, 11) is 0. The number of fused-ring (bicyclic) bond motifs is 1. The van der Waals surface area contributed by atoms with Gasteiger partial charge in [-0.25, -0.2) is 9.59 Å². The molecule has 8 nitrogen and oxygen atoms in total. The molecule has 0 aliphatic carbocycles. The van der Waals surface area contributed by atoms with Gasteiger partial charge < -0.3 is 19.4 Å². The van der Waals surface area contributed by atoms with Crippen molar-refractivity contribution in [2.45, 2.75) is 39.0 Å². The fraction of sp³-hybridized carbons (Fsp3) is 0.375. The summed E-state index contributed by atoms with van der Waals surface area (Å²) in [5.41, 5.74) is 2.79. The van der Waals surface area contributed by atoms with Crippen LogP contribution in [0, 0.1) is 0 Å². The first-order chi connectivity index (χ1) is 15.3. The van der Waals surface area contributed by atoms with E-state index in [1.165, 1.54) is 0 Å². The third-order valence-electron chi connectivity index (χ3n) is 5.24. The highest BCUT2D eigenvalue weighted by molar-refractivity contribution is 5.77. The van der Waals surface area contributed by atoms with Gasteiger partial charge in [-0.05, 0) is 44.5 Å². The number of ether oxygens (including phenoxy) is 2. The lowest BCUT2D eigenvalue weighted by atomic mass is 10.1. The van der Waals surface area contributed by atoms with Gasteiger partial charge in [-0.1, -0.05) is 30.3 Å². The van der Waals surface area contributed by atoms with Gasteiger partial charge in [0, 0.05) is 25.0 Å². The molecule has 0 bridgehead atoms. The van der Waals surface area contributed by atoms with Gasteiger partial charge in [0.2, 0.25) is 0 Å². The number of aromatic amines is 1. The number of rotatable bonds is 3. The number of piperazine rings is 1. The number of nitrogens with one attached hydrogen (secondary N) is 1. The Morgan fingerprint density at radius 3 is 2.59 bits per heavy atom. The zero-order valence-corrected chi connectivity index (χ0v) is 18.6. The smallest absolute Gasteiger partial charge is 0.410 e. The van der Waals surface area contributed by atoms with E-state index in [0.717, 1.165) is 22.3 Å². The second kappa shape index (κ2) is 8.90. The van der Waals surface area contributed by atoms with Crippen LogP contribution in [-0.4, -0.2) is 57.2 Å². The summed E-state index contributed by atoms with van der Waals surface area (Å²) in [5, 5.41) is 0. The lowest BCUT2D eigenvalue weighted by Gasteiger charge is -2.40. The Hall–Kier alpha value is -3.55. The summed E-state index contributed by atoms with van der Waals surface area (Å²) >= 11 is 0. The molecule has 1 saturated heterocycles. The Labute approximate surface area is 187 Å².